The van der Waals surface area contributed by atoms with Gasteiger partial charge in [-0.2, -0.15) is 0 Å². The molecule has 0 heterocycles. The van der Waals surface area contributed by atoms with Crippen LogP contribution >= 0.6 is 9.29 Å². The predicted octanol–water partition coefficient (Wildman–Crippen LogP) is -1.30. The van der Waals surface area contributed by atoms with Gasteiger partial charge >= 0.3 is 105 Å². The summed E-state index contributed by atoms with van der Waals surface area (Å²) in [5.41, 5.74) is 0. The van der Waals surface area contributed by atoms with Crippen molar-refractivity contribution < 1.29 is 0 Å². The van der Waals surface area contributed by atoms with Gasteiger partial charge in [-0.3, -0.25) is 0 Å². The topological polar surface area (TPSA) is 0 Å². The van der Waals surface area contributed by atoms with Crippen molar-refractivity contribution in [3.05, 3.63) is 0 Å². The van der Waals surface area contributed by atoms with Crippen LogP contribution in [0.15, 0.2) is 0 Å². The molecule has 0 aliphatic carbocycles. The molecule has 0 rings (SSSR count). The molecule has 0 saturated heterocycles. The molecule has 2 radical (unpaired) electrons. The third kappa shape index (κ3) is 9.09. The van der Waals surface area contributed by atoms with Crippen molar-refractivity contribution in [2.45, 2.75) is 0 Å². The molecule has 0 N–H and O–H groups in total. The van der Waals surface area contributed by atoms with Crippen molar-refractivity contribution in [2.75, 3.05) is 0 Å². The Morgan fingerprint density at radius 2 is 1.25 bits per heavy atom. The van der Waals surface area contributed by atoms with Crippen molar-refractivity contribution in [3.8, 4) is 0 Å². The number of rotatable bonds is 0. The van der Waals surface area contributed by atoms with Gasteiger partial charge in [-0.15, -0.1) is 0 Å². The molecule has 0 amide bonds. The molecule has 4 heavy (non-hydrogen) atoms. The predicted molar refractivity (Wildman–Crippen MR) is 29.0 cm³/mol. The van der Waals surface area contributed by atoms with Gasteiger partial charge in [0, 0.05) is 0 Å². The van der Waals surface area contributed by atoms with Gasteiger partial charge in [-0.25, -0.2) is 0 Å². The van der Waals surface area contributed by atoms with Crippen LogP contribution in [0.2, 0.25) is 0 Å². The minimum atomic E-state index is 0. The van der Waals surface area contributed by atoms with Crippen molar-refractivity contribution in [1.29, 1.82) is 0 Å². The fourth-order valence-electron chi connectivity index (χ4n) is 0. The Hall–Kier alpha value is 3.50. The summed E-state index contributed by atoms with van der Waals surface area (Å²) in [6, 6.07) is 0. The molecule has 0 spiro atoms. The van der Waals surface area contributed by atoms with Crippen LogP contribution in [-0.2, 0) is 0 Å². The molecule has 0 nitrogen and oxygen atoms in total. The molecule has 0 aromatic carbocycles. The Morgan fingerprint density at radius 3 is 1.25 bits per heavy atom. The van der Waals surface area contributed by atoms with Gasteiger partial charge in [0.15, 0.2) is 0 Å². The second-order valence-corrected chi connectivity index (χ2v) is 0. The van der Waals surface area contributed by atoms with Gasteiger partial charge in [0.1, 0.15) is 0 Å². The molecule has 0 unspecified atom stereocenters. The van der Waals surface area contributed by atoms with Crippen LogP contribution in [0.3, 0.4) is 0 Å². The van der Waals surface area contributed by atoms with E-state index in [1.54, 1.807) is 0 Å². The van der Waals surface area contributed by atoms with Gasteiger partial charge in [0.25, 0.3) is 0 Å². The molecule has 0 atom stereocenters. The van der Waals surface area contributed by atoms with Crippen molar-refractivity contribution in [2.24, 2.45) is 0 Å². The third-order valence-electron chi connectivity index (χ3n) is 0. The van der Waals surface area contributed by atoms with Crippen molar-refractivity contribution in [3.63, 3.8) is 0 Å². The molecule has 0 aliphatic rings. The quantitative estimate of drug-likeness (QED) is 0.490. The third-order valence-corrected chi connectivity index (χ3v) is 0. The molecule has 4 heteroatoms. The first-order valence-electron chi connectivity index (χ1n) is 0.204. The number of hydrogen-bond donors (Lipinski definition) is 0. The van der Waals surface area contributed by atoms with Gasteiger partial charge < -0.3 is 0 Å². The van der Waals surface area contributed by atoms with E-state index in [1.165, 1.54) is 0 Å². The average Bonchev–Trinajstić information content (AvgIpc) is 1.00. The first-order valence-corrected chi connectivity index (χ1v) is 4.11. The van der Waals surface area contributed by atoms with Crippen LogP contribution in [0.25, 0.3) is 0 Å². The molecule has 16 valence electrons. The van der Waals surface area contributed by atoms with Crippen LogP contribution in [0.5, 0.6) is 0 Å². The monoisotopic (exact) mass is 266 g/mol. The van der Waals surface area contributed by atoms with Crippen LogP contribution in [-0.4, -0.2) is 95.6 Å². The molecule has 0 aromatic heterocycles. The molecular weight excluding hydrogens is 261 g/mol. The average molecular weight is 264 g/mol. The van der Waals surface area contributed by atoms with Crippen LogP contribution in [0, 0.1) is 0 Å². The normalized spacial score (nSPS) is 1.00. The van der Waals surface area contributed by atoms with E-state index in [-0.39, 0.29) is 75.0 Å². The Kier molecular flexibility index (Phi) is 62.8. The summed E-state index contributed by atoms with van der Waals surface area (Å²) in [6.45, 7) is 0. The molecule has 0 bridgehead atoms. The zero-order valence-electron chi connectivity index (χ0n) is 0.908. The second-order valence-electron chi connectivity index (χ2n) is 0. The maximum absolute atomic E-state index is 4.17. The zero-order chi connectivity index (χ0) is 2.00. The maximum atomic E-state index is 4.17. The summed E-state index contributed by atoms with van der Waals surface area (Å²) in [7, 11) is 4.17. The summed E-state index contributed by atoms with van der Waals surface area (Å²) in [6.07, 6.45) is 0. The summed E-state index contributed by atoms with van der Waals surface area (Å²) in [5.74, 6) is 0. The fraction of sp³-hybridized carbons (Fsp3) is 0. The fourth-order valence-corrected chi connectivity index (χ4v) is 0. The molecule has 0 saturated carbocycles. The Labute approximate surface area is 102 Å². The molecular formula is H3NaSSnSr. The van der Waals surface area contributed by atoms with E-state index in [4.69, 9.17) is 0 Å². The first kappa shape index (κ1) is 15.6. The van der Waals surface area contributed by atoms with E-state index in [0.717, 1.165) is 20.6 Å². The Balaban J connectivity index is -0.00000000500. The van der Waals surface area contributed by atoms with E-state index in [9.17, 15) is 0 Å². The van der Waals surface area contributed by atoms with E-state index in [0.29, 0.717) is 0 Å². The number of hydrogen-bond acceptors (Lipinski definition) is 1. The van der Waals surface area contributed by atoms with Gasteiger partial charge in [-0.1, -0.05) is 0 Å². The summed E-state index contributed by atoms with van der Waals surface area (Å²) < 4.78 is 0. The first-order chi connectivity index (χ1) is 1.00. The van der Waals surface area contributed by atoms with Gasteiger partial charge in [0.05, 0.1) is 0 Å². The van der Waals surface area contributed by atoms with E-state index >= 15 is 0 Å². The Morgan fingerprint density at radius 1 is 1.25 bits per heavy atom. The molecule has 0 aliphatic heterocycles. The Bertz CT molecular complexity index is 8.00. The van der Waals surface area contributed by atoms with Crippen LogP contribution in [0.4, 0.5) is 0 Å². The van der Waals surface area contributed by atoms with Crippen LogP contribution in [0.1, 0.15) is 0 Å². The van der Waals surface area contributed by atoms with Crippen molar-refractivity contribution in [1.82, 2.24) is 0 Å². The minimum absolute atomic E-state index is 0. The SMILES string of the molecule is [NaH].[S]=[Sn].[SrH2]. The van der Waals surface area contributed by atoms with E-state index in [1.807, 2.05) is 0 Å². The van der Waals surface area contributed by atoms with Crippen molar-refractivity contribution >= 4 is 105 Å². The van der Waals surface area contributed by atoms with E-state index in [2.05, 4.69) is 9.29 Å². The molecule has 0 aromatic rings. The van der Waals surface area contributed by atoms with Gasteiger partial charge in [-0.05, 0) is 0 Å². The van der Waals surface area contributed by atoms with Gasteiger partial charge in [0.2, 0.25) is 0 Å². The molecule has 0 fully saturated rings. The zero-order valence-corrected chi connectivity index (χ0v) is 4.58. The second kappa shape index (κ2) is 16.1. The summed E-state index contributed by atoms with van der Waals surface area (Å²) >= 11 is 1.13. The van der Waals surface area contributed by atoms with E-state index < -0.39 is 0 Å². The van der Waals surface area contributed by atoms with Crippen LogP contribution < -0.4 is 0 Å². The standard InChI is InChI=1S/Na.S.Sn.Sr.3H. The summed E-state index contributed by atoms with van der Waals surface area (Å²) in [5, 5.41) is 0. The summed E-state index contributed by atoms with van der Waals surface area (Å²) in [4.78, 5) is 0.